The molecule has 2 heterocycles. The van der Waals surface area contributed by atoms with Gasteiger partial charge in [0.15, 0.2) is 0 Å². The Hall–Kier alpha value is -7.39. The van der Waals surface area contributed by atoms with Crippen molar-refractivity contribution < 1.29 is 0 Å². The first-order valence-corrected chi connectivity index (χ1v) is 16.3. The predicted molar refractivity (Wildman–Crippen MR) is 200 cm³/mol. The van der Waals surface area contributed by atoms with Crippen molar-refractivity contribution in [1.82, 2.24) is 9.13 Å². The van der Waals surface area contributed by atoms with E-state index in [0.717, 1.165) is 66.5 Å². The van der Waals surface area contributed by atoms with Crippen molar-refractivity contribution >= 4 is 43.6 Å². The molecule has 230 valence electrons. The summed E-state index contributed by atoms with van der Waals surface area (Å²) in [5.41, 5.74) is 11.5. The van der Waals surface area contributed by atoms with Crippen LogP contribution >= 0.6 is 0 Å². The van der Waals surface area contributed by atoms with Crippen LogP contribution in [0.1, 0.15) is 16.7 Å². The molecule has 0 amide bonds. The summed E-state index contributed by atoms with van der Waals surface area (Å²) in [5, 5.41) is 34.0. The number of benzene rings is 7. The number of rotatable bonds is 4. The van der Waals surface area contributed by atoms with Crippen LogP contribution in [0.2, 0.25) is 0 Å². The maximum Gasteiger partial charge on any atom is 0.0992 e. The van der Waals surface area contributed by atoms with Gasteiger partial charge in [0, 0.05) is 32.8 Å². The first kappa shape index (κ1) is 28.8. The van der Waals surface area contributed by atoms with E-state index < -0.39 is 0 Å². The fraction of sp³-hybridized carbons (Fsp3) is 0. The van der Waals surface area contributed by atoms with E-state index in [9.17, 15) is 15.8 Å². The number of nitrogens with zero attached hydrogens (tertiary/aromatic N) is 5. The lowest BCUT2D eigenvalue weighted by atomic mass is 9.92. The van der Waals surface area contributed by atoms with Gasteiger partial charge in [0.2, 0.25) is 0 Å². The molecule has 9 rings (SSSR count). The largest absolute Gasteiger partial charge is 0.309 e. The topological polar surface area (TPSA) is 81.2 Å². The highest BCUT2D eigenvalue weighted by Gasteiger charge is 2.19. The summed E-state index contributed by atoms with van der Waals surface area (Å²) in [7, 11) is 0. The third kappa shape index (κ3) is 4.38. The molecule has 2 aromatic heterocycles. The third-order valence-corrected chi connectivity index (χ3v) is 9.58. The molecular weight excluding hydrogens is 611 g/mol. The van der Waals surface area contributed by atoms with Crippen molar-refractivity contribution in [3.05, 3.63) is 168 Å². The molecule has 0 aliphatic rings. The second-order valence-electron chi connectivity index (χ2n) is 12.3. The summed E-state index contributed by atoms with van der Waals surface area (Å²) in [6.07, 6.45) is 0. The SMILES string of the molecule is N#Cc1cc(-c2ccccc2-c2ccccc2-n2c3ccccc3c3ccccc32)cc(-n2c3ccc(C#N)cc3c3ccc(C#N)cc32)c1. The van der Waals surface area contributed by atoms with Gasteiger partial charge in [0.25, 0.3) is 0 Å². The molecule has 0 saturated heterocycles. The smallest absolute Gasteiger partial charge is 0.0992 e. The summed E-state index contributed by atoms with van der Waals surface area (Å²) < 4.78 is 4.43. The first-order chi connectivity index (χ1) is 24.7. The molecule has 0 aliphatic carbocycles. The molecule has 0 bridgehead atoms. The van der Waals surface area contributed by atoms with Gasteiger partial charge < -0.3 is 9.13 Å². The highest BCUT2D eigenvalue weighted by Crippen LogP contribution is 2.41. The lowest BCUT2D eigenvalue weighted by Crippen LogP contribution is -1.99. The Morgan fingerprint density at radius 2 is 0.920 bits per heavy atom. The summed E-state index contributed by atoms with van der Waals surface area (Å²) in [4.78, 5) is 0. The van der Waals surface area contributed by atoms with Crippen molar-refractivity contribution in [3.8, 4) is 51.8 Å². The molecule has 7 aromatic carbocycles. The molecule has 0 saturated carbocycles. The minimum atomic E-state index is 0.517. The van der Waals surface area contributed by atoms with E-state index in [-0.39, 0.29) is 0 Å². The van der Waals surface area contributed by atoms with Crippen LogP contribution in [0.4, 0.5) is 0 Å². The van der Waals surface area contributed by atoms with Gasteiger partial charge in [-0.15, -0.1) is 0 Å². The van der Waals surface area contributed by atoms with Gasteiger partial charge in [0.1, 0.15) is 0 Å². The lowest BCUT2D eigenvalue weighted by molar-refractivity contribution is 1.17. The molecule has 5 heteroatoms. The molecule has 0 atom stereocenters. The second-order valence-corrected chi connectivity index (χ2v) is 12.3. The van der Waals surface area contributed by atoms with Crippen LogP contribution in [0.25, 0.3) is 77.2 Å². The Morgan fingerprint density at radius 3 is 1.64 bits per heavy atom. The zero-order valence-electron chi connectivity index (χ0n) is 26.7. The van der Waals surface area contributed by atoms with Crippen LogP contribution in [0, 0.1) is 34.0 Å². The van der Waals surface area contributed by atoms with Crippen molar-refractivity contribution in [1.29, 1.82) is 15.8 Å². The van der Waals surface area contributed by atoms with E-state index in [4.69, 9.17) is 0 Å². The Kier molecular flexibility index (Phi) is 6.56. The number of fused-ring (bicyclic) bond motifs is 6. The van der Waals surface area contributed by atoms with Crippen LogP contribution in [0.15, 0.2) is 152 Å². The Morgan fingerprint density at radius 1 is 0.360 bits per heavy atom. The minimum Gasteiger partial charge on any atom is -0.309 e. The Bertz CT molecular complexity index is 2920. The zero-order chi connectivity index (χ0) is 33.8. The molecular formula is C45H25N5. The number of aromatic nitrogens is 2. The maximum absolute atomic E-state index is 10.3. The molecule has 0 aliphatic heterocycles. The van der Waals surface area contributed by atoms with E-state index in [1.54, 1.807) is 12.1 Å². The lowest BCUT2D eigenvalue weighted by Gasteiger charge is -2.18. The molecule has 0 fully saturated rings. The summed E-state index contributed by atoms with van der Waals surface area (Å²) in [5.74, 6) is 0. The fourth-order valence-corrected chi connectivity index (χ4v) is 7.45. The molecule has 50 heavy (non-hydrogen) atoms. The molecule has 0 N–H and O–H groups in total. The van der Waals surface area contributed by atoms with E-state index in [2.05, 4.69) is 124 Å². The van der Waals surface area contributed by atoms with Crippen molar-refractivity contribution in [3.63, 3.8) is 0 Å². The highest BCUT2D eigenvalue weighted by molar-refractivity contribution is 6.11. The first-order valence-electron chi connectivity index (χ1n) is 16.3. The van der Waals surface area contributed by atoms with Crippen LogP contribution < -0.4 is 0 Å². The molecule has 0 radical (unpaired) electrons. The summed E-state index contributed by atoms with van der Waals surface area (Å²) in [6.45, 7) is 0. The van der Waals surface area contributed by atoms with E-state index in [1.165, 1.54) is 10.8 Å². The molecule has 0 unspecified atom stereocenters. The minimum absolute atomic E-state index is 0.517. The Balaban J connectivity index is 1.30. The molecule has 9 aromatic rings. The zero-order valence-corrected chi connectivity index (χ0v) is 26.7. The number of nitriles is 3. The third-order valence-electron chi connectivity index (χ3n) is 9.58. The highest BCUT2D eigenvalue weighted by atomic mass is 15.0. The van der Waals surface area contributed by atoms with Gasteiger partial charge in [0.05, 0.1) is 62.7 Å². The average Bonchev–Trinajstić information content (AvgIpc) is 3.69. The van der Waals surface area contributed by atoms with E-state index in [0.29, 0.717) is 16.7 Å². The fourth-order valence-electron chi connectivity index (χ4n) is 7.45. The van der Waals surface area contributed by atoms with Crippen LogP contribution in [0.3, 0.4) is 0 Å². The van der Waals surface area contributed by atoms with Crippen molar-refractivity contribution in [2.24, 2.45) is 0 Å². The standard InChI is InChI=1S/C45H25N5/c46-26-29-18-20-44-40(23-29)39-19-17-30(27-47)24-45(39)49(44)33-22-31(28-48)21-32(25-33)34-9-1-2-10-35(34)36-11-3-6-14-41(36)50-42-15-7-4-12-37(42)38-13-5-8-16-43(38)50/h1-25H. The molecule has 5 nitrogen and oxygen atoms in total. The normalized spacial score (nSPS) is 11.1. The van der Waals surface area contributed by atoms with Crippen LogP contribution in [-0.4, -0.2) is 9.13 Å². The van der Waals surface area contributed by atoms with E-state index >= 15 is 0 Å². The summed E-state index contributed by atoms with van der Waals surface area (Å²) in [6, 6.07) is 57.9. The Labute approximate surface area is 287 Å². The average molecular weight is 636 g/mol. The van der Waals surface area contributed by atoms with Crippen molar-refractivity contribution in [2.75, 3.05) is 0 Å². The molecule has 0 spiro atoms. The van der Waals surface area contributed by atoms with Crippen LogP contribution in [0.5, 0.6) is 0 Å². The van der Waals surface area contributed by atoms with Crippen LogP contribution in [-0.2, 0) is 0 Å². The predicted octanol–water partition coefficient (Wildman–Crippen LogP) is 10.8. The van der Waals surface area contributed by atoms with Gasteiger partial charge in [-0.25, -0.2) is 0 Å². The quantitative estimate of drug-likeness (QED) is 0.193. The number of hydrogen-bond donors (Lipinski definition) is 0. The van der Waals surface area contributed by atoms with Gasteiger partial charge in [-0.2, -0.15) is 15.8 Å². The second kappa shape index (κ2) is 11.4. The monoisotopic (exact) mass is 635 g/mol. The van der Waals surface area contributed by atoms with Crippen molar-refractivity contribution in [2.45, 2.75) is 0 Å². The number of para-hydroxylation sites is 3. The van der Waals surface area contributed by atoms with Gasteiger partial charge >= 0.3 is 0 Å². The van der Waals surface area contributed by atoms with Gasteiger partial charge in [-0.05, 0) is 83.4 Å². The van der Waals surface area contributed by atoms with Gasteiger partial charge in [-0.3, -0.25) is 0 Å². The van der Waals surface area contributed by atoms with Gasteiger partial charge in [-0.1, -0.05) is 84.9 Å². The number of hydrogen-bond acceptors (Lipinski definition) is 3. The summed E-state index contributed by atoms with van der Waals surface area (Å²) >= 11 is 0. The van der Waals surface area contributed by atoms with E-state index in [1.807, 2.05) is 42.5 Å². The maximum atomic E-state index is 10.3.